The van der Waals surface area contributed by atoms with Crippen molar-refractivity contribution in [1.29, 1.82) is 0 Å². The molecule has 0 saturated carbocycles. The zero-order chi connectivity index (χ0) is 10.9. The Morgan fingerprint density at radius 3 is 2.60 bits per heavy atom. The van der Waals surface area contributed by atoms with Gasteiger partial charge in [0.2, 0.25) is 5.16 Å². The molecule has 0 spiro atoms. The minimum atomic E-state index is 0.466. The van der Waals surface area contributed by atoms with E-state index in [-0.39, 0.29) is 0 Å². The smallest absolute Gasteiger partial charge is 0.262 e. The number of hydrogen-bond acceptors (Lipinski definition) is 6. The first-order valence-corrected chi connectivity index (χ1v) is 5.88. The van der Waals surface area contributed by atoms with Crippen LogP contribution in [0.3, 0.4) is 0 Å². The Morgan fingerprint density at radius 2 is 2.00 bits per heavy atom. The van der Waals surface area contributed by atoms with Gasteiger partial charge in [-0.15, -0.1) is 32.7 Å². The average Bonchev–Trinajstić information content (AvgIpc) is 2.30. The summed E-state index contributed by atoms with van der Waals surface area (Å²) < 4.78 is 0. The van der Waals surface area contributed by atoms with Gasteiger partial charge in [-0.3, -0.25) is 0 Å². The van der Waals surface area contributed by atoms with Crippen LogP contribution in [-0.4, -0.2) is 33.2 Å². The molecule has 1 N–H and O–H groups in total. The molecule has 0 saturated heterocycles. The number of thioether (sulfide) groups is 1. The molecule has 6 heteroatoms. The molecule has 1 aromatic heterocycles. The highest BCUT2D eigenvalue weighted by atomic mass is 32.2. The van der Waals surface area contributed by atoms with Gasteiger partial charge in [0.05, 0.1) is 0 Å². The fraction of sp³-hybridized carbons (Fsp3) is 0.556. The fourth-order valence-electron chi connectivity index (χ4n) is 0.925. The van der Waals surface area contributed by atoms with Crippen LogP contribution >= 0.6 is 11.8 Å². The number of nitrogens with one attached hydrogen (secondary N) is 1. The Bertz CT molecular complexity index is 318. The lowest BCUT2D eigenvalue weighted by atomic mass is 10.2. The van der Waals surface area contributed by atoms with E-state index >= 15 is 0 Å². The third-order valence-corrected chi connectivity index (χ3v) is 2.20. The van der Waals surface area contributed by atoms with Crippen molar-refractivity contribution in [3.05, 3.63) is 0 Å². The molecule has 0 bridgehead atoms. The largest absolute Gasteiger partial charge is 0.352 e. The van der Waals surface area contributed by atoms with Crippen molar-refractivity contribution < 1.29 is 0 Å². The number of hydrogen-bond donors (Lipinski definition) is 1. The quantitative estimate of drug-likeness (QED) is 0.444. The molecule has 0 aromatic carbocycles. The predicted octanol–water partition coefficient (Wildman–Crippen LogP) is 1.20. The van der Waals surface area contributed by atoms with Gasteiger partial charge in [0.15, 0.2) is 0 Å². The van der Waals surface area contributed by atoms with Gasteiger partial charge in [-0.25, -0.2) is 0 Å². The fourth-order valence-corrected chi connectivity index (χ4v) is 1.17. The zero-order valence-corrected chi connectivity index (χ0v) is 9.42. The van der Waals surface area contributed by atoms with Crippen LogP contribution in [0.4, 0.5) is 5.95 Å². The number of unbranched alkanes of at least 4 members (excludes halogenated alkanes) is 2. The highest BCUT2D eigenvalue weighted by Crippen LogP contribution is 2.04. The van der Waals surface area contributed by atoms with Crippen molar-refractivity contribution in [3.63, 3.8) is 0 Å². The molecule has 0 aliphatic carbocycles. The molecule has 0 fully saturated rings. The number of nitrogens with zero attached hydrogens (tertiary/aromatic N) is 4. The maximum atomic E-state index is 5.14. The van der Waals surface area contributed by atoms with E-state index in [9.17, 15) is 0 Å². The first-order chi connectivity index (χ1) is 7.36. The van der Waals surface area contributed by atoms with E-state index in [2.05, 4.69) is 31.6 Å². The van der Waals surface area contributed by atoms with Gasteiger partial charge in [-0.2, -0.15) is 0 Å². The van der Waals surface area contributed by atoms with E-state index in [1.165, 1.54) is 11.8 Å². The lowest BCUT2D eigenvalue weighted by molar-refractivity contribution is 0.731. The Kier molecular flexibility index (Phi) is 5.48. The molecule has 0 radical (unpaired) electrons. The SMILES string of the molecule is C#CCCCCNc1nnc(SC)nn1. The van der Waals surface area contributed by atoms with Gasteiger partial charge in [0.25, 0.3) is 5.95 Å². The molecule has 0 unspecified atom stereocenters. The second kappa shape index (κ2) is 7.01. The van der Waals surface area contributed by atoms with Crippen molar-refractivity contribution in [2.24, 2.45) is 0 Å². The summed E-state index contributed by atoms with van der Waals surface area (Å²) in [6.45, 7) is 0.795. The summed E-state index contributed by atoms with van der Waals surface area (Å²) in [5.41, 5.74) is 0. The van der Waals surface area contributed by atoms with Crippen molar-refractivity contribution in [2.75, 3.05) is 18.1 Å². The summed E-state index contributed by atoms with van der Waals surface area (Å²) in [7, 11) is 0. The van der Waals surface area contributed by atoms with Crippen molar-refractivity contribution in [2.45, 2.75) is 24.4 Å². The van der Waals surface area contributed by atoms with Gasteiger partial charge in [0.1, 0.15) is 0 Å². The second-order valence-corrected chi connectivity index (χ2v) is 3.57. The van der Waals surface area contributed by atoms with E-state index in [1.807, 2.05) is 6.26 Å². The summed E-state index contributed by atoms with van der Waals surface area (Å²) in [6, 6.07) is 0. The minimum Gasteiger partial charge on any atom is -0.352 e. The van der Waals surface area contributed by atoms with Gasteiger partial charge in [0, 0.05) is 13.0 Å². The number of rotatable bonds is 6. The molecular formula is C9H13N5S. The van der Waals surface area contributed by atoms with Crippen molar-refractivity contribution in [1.82, 2.24) is 20.4 Å². The first-order valence-electron chi connectivity index (χ1n) is 4.65. The molecule has 0 aliphatic heterocycles. The van der Waals surface area contributed by atoms with Crippen LogP contribution in [-0.2, 0) is 0 Å². The van der Waals surface area contributed by atoms with Crippen LogP contribution in [0.25, 0.3) is 0 Å². The first kappa shape index (κ1) is 11.7. The summed E-state index contributed by atoms with van der Waals surface area (Å²) in [5.74, 6) is 3.06. The average molecular weight is 223 g/mol. The van der Waals surface area contributed by atoms with Crippen molar-refractivity contribution in [3.8, 4) is 12.3 Å². The number of anilines is 1. The van der Waals surface area contributed by atoms with Crippen LogP contribution in [0.2, 0.25) is 0 Å². The van der Waals surface area contributed by atoms with Crippen LogP contribution in [0.5, 0.6) is 0 Å². The van der Waals surface area contributed by atoms with Crippen LogP contribution in [0.1, 0.15) is 19.3 Å². The minimum absolute atomic E-state index is 0.466. The third-order valence-electron chi connectivity index (χ3n) is 1.67. The summed E-state index contributed by atoms with van der Waals surface area (Å²) in [6.07, 6.45) is 9.83. The molecule has 0 amide bonds. The Hall–Kier alpha value is -1.35. The summed E-state index contributed by atoms with van der Waals surface area (Å²) in [5, 5.41) is 19.1. The normalized spacial score (nSPS) is 9.60. The van der Waals surface area contributed by atoms with E-state index < -0.39 is 0 Å². The molecule has 1 heterocycles. The molecule has 80 valence electrons. The molecule has 1 aromatic rings. The third kappa shape index (κ3) is 4.61. The van der Waals surface area contributed by atoms with E-state index in [0.29, 0.717) is 11.1 Å². The van der Waals surface area contributed by atoms with Gasteiger partial charge in [-0.1, -0.05) is 11.8 Å². The molecule has 0 atom stereocenters. The van der Waals surface area contributed by atoms with E-state index in [0.717, 1.165) is 25.8 Å². The molecular weight excluding hydrogens is 210 g/mol. The van der Waals surface area contributed by atoms with Gasteiger partial charge in [-0.05, 0) is 19.1 Å². The molecule has 1 rings (SSSR count). The van der Waals surface area contributed by atoms with E-state index in [4.69, 9.17) is 6.42 Å². The van der Waals surface area contributed by atoms with Crippen LogP contribution < -0.4 is 5.32 Å². The maximum absolute atomic E-state index is 5.14. The molecule has 5 nitrogen and oxygen atoms in total. The van der Waals surface area contributed by atoms with Gasteiger partial charge >= 0.3 is 0 Å². The highest BCUT2D eigenvalue weighted by Gasteiger charge is 1.98. The molecule has 0 aliphatic rings. The number of terminal acetylenes is 1. The monoisotopic (exact) mass is 223 g/mol. The predicted molar refractivity (Wildman–Crippen MR) is 60.6 cm³/mol. The summed E-state index contributed by atoms with van der Waals surface area (Å²) >= 11 is 1.42. The standard InChI is InChI=1S/C9H13N5S/c1-3-4-5-6-7-10-8-11-13-9(15-2)14-12-8/h1H,4-7H2,2H3,(H,10,11,12). The Morgan fingerprint density at radius 1 is 1.27 bits per heavy atom. The van der Waals surface area contributed by atoms with E-state index in [1.54, 1.807) is 0 Å². The highest BCUT2D eigenvalue weighted by molar-refractivity contribution is 7.98. The second-order valence-electron chi connectivity index (χ2n) is 2.80. The zero-order valence-electron chi connectivity index (χ0n) is 8.60. The van der Waals surface area contributed by atoms with Crippen molar-refractivity contribution >= 4 is 17.7 Å². The number of aromatic nitrogens is 4. The van der Waals surface area contributed by atoms with Crippen LogP contribution in [0, 0.1) is 12.3 Å². The summed E-state index contributed by atoms with van der Waals surface area (Å²) in [4.78, 5) is 0. The molecule has 15 heavy (non-hydrogen) atoms. The topological polar surface area (TPSA) is 63.6 Å². The van der Waals surface area contributed by atoms with Crippen LogP contribution in [0.15, 0.2) is 5.16 Å². The lowest BCUT2D eigenvalue weighted by Gasteiger charge is -2.01. The Balaban J connectivity index is 2.23. The van der Waals surface area contributed by atoms with Gasteiger partial charge < -0.3 is 5.32 Å². The maximum Gasteiger partial charge on any atom is 0.262 e. The lowest BCUT2D eigenvalue weighted by Crippen LogP contribution is -2.07. The Labute approximate surface area is 93.5 Å².